The highest BCUT2D eigenvalue weighted by atomic mass is 15.1. The minimum atomic E-state index is -0.0731. The summed E-state index contributed by atoms with van der Waals surface area (Å²) in [5.74, 6) is 3.31. The van der Waals surface area contributed by atoms with Crippen molar-refractivity contribution in [1.82, 2.24) is 0 Å². The predicted octanol–water partition coefficient (Wildman–Crippen LogP) is 15.2. The molecule has 1 heteroatoms. The summed E-state index contributed by atoms with van der Waals surface area (Å²) in [6.45, 7) is 14.5. The molecule has 13 rings (SSSR count). The van der Waals surface area contributed by atoms with Gasteiger partial charge in [-0.1, -0.05) is 139 Å². The molecule has 1 spiro atoms. The average molecular weight is 756 g/mol. The van der Waals surface area contributed by atoms with Crippen molar-refractivity contribution in [3.63, 3.8) is 0 Å². The van der Waals surface area contributed by atoms with E-state index in [2.05, 4.69) is 174 Å². The number of nitrogens with zero attached hydrogens (tertiary/aromatic N) is 1. The molecule has 0 heterocycles. The van der Waals surface area contributed by atoms with Gasteiger partial charge in [0.15, 0.2) is 0 Å². The van der Waals surface area contributed by atoms with E-state index in [9.17, 15) is 0 Å². The largest absolute Gasteiger partial charge is 0.310 e. The molecule has 4 saturated carbocycles. The van der Waals surface area contributed by atoms with E-state index in [-0.39, 0.29) is 21.7 Å². The lowest BCUT2D eigenvalue weighted by Crippen LogP contribution is -2.55. The second-order valence-corrected chi connectivity index (χ2v) is 21.2. The third kappa shape index (κ3) is 4.65. The van der Waals surface area contributed by atoms with Gasteiger partial charge in [-0.25, -0.2) is 0 Å². The fraction of sp³-hybridized carbons (Fsp3) is 0.368. The number of anilines is 3. The summed E-state index contributed by atoms with van der Waals surface area (Å²) >= 11 is 0. The maximum Gasteiger partial charge on any atom is 0.0543 e. The van der Waals surface area contributed by atoms with E-state index in [1.165, 1.54) is 118 Å². The van der Waals surface area contributed by atoms with Crippen LogP contribution in [0.2, 0.25) is 0 Å². The second-order valence-electron chi connectivity index (χ2n) is 21.2. The fourth-order valence-corrected chi connectivity index (χ4v) is 14.2. The van der Waals surface area contributed by atoms with E-state index in [4.69, 9.17) is 0 Å². The molecule has 7 aliphatic rings. The Morgan fingerprint density at radius 1 is 0.431 bits per heavy atom. The zero-order chi connectivity index (χ0) is 39.3. The molecule has 58 heavy (non-hydrogen) atoms. The Morgan fingerprint density at radius 2 is 1.02 bits per heavy atom. The first-order valence-corrected chi connectivity index (χ1v) is 22.5. The maximum absolute atomic E-state index is 2.67. The van der Waals surface area contributed by atoms with Crippen LogP contribution in [0.1, 0.15) is 120 Å². The first-order valence-electron chi connectivity index (χ1n) is 22.5. The van der Waals surface area contributed by atoms with Crippen LogP contribution in [0.25, 0.3) is 33.4 Å². The van der Waals surface area contributed by atoms with Gasteiger partial charge in [-0.2, -0.15) is 0 Å². The highest BCUT2D eigenvalue weighted by Crippen LogP contribution is 2.70. The highest BCUT2D eigenvalue weighted by molar-refractivity contribution is 5.96. The quantitative estimate of drug-likeness (QED) is 0.173. The lowest BCUT2D eigenvalue weighted by atomic mass is 9.43. The Balaban J connectivity index is 1.05. The van der Waals surface area contributed by atoms with Gasteiger partial charge in [-0.05, 0) is 171 Å². The Hall–Kier alpha value is -4.88. The number of benzene rings is 6. The summed E-state index contributed by atoms with van der Waals surface area (Å²) in [5.41, 5.74) is 21.6. The summed E-state index contributed by atoms with van der Waals surface area (Å²) in [6.07, 6.45) is 9.51. The zero-order valence-electron chi connectivity index (χ0n) is 35.3. The van der Waals surface area contributed by atoms with Gasteiger partial charge in [0.1, 0.15) is 0 Å². The zero-order valence-corrected chi connectivity index (χ0v) is 35.3. The molecule has 6 aromatic rings. The van der Waals surface area contributed by atoms with Crippen LogP contribution in [0, 0.1) is 23.7 Å². The molecule has 0 N–H and O–H groups in total. The molecule has 0 atom stereocenters. The van der Waals surface area contributed by atoms with Crippen molar-refractivity contribution in [2.45, 2.75) is 108 Å². The minimum absolute atomic E-state index is 0.0731. The summed E-state index contributed by atoms with van der Waals surface area (Å²) < 4.78 is 0. The number of fused-ring (bicyclic) bond motifs is 7. The molecule has 0 amide bonds. The molecule has 7 aliphatic carbocycles. The maximum atomic E-state index is 2.67. The van der Waals surface area contributed by atoms with Gasteiger partial charge in [-0.3, -0.25) is 0 Å². The minimum Gasteiger partial charge on any atom is -0.310 e. The van der Waals surface area contributed by atoms with Crippen molar-refractivity contribution >= 4 is 17.1 Å². The topological polar surface area (TPSA) is 3.24 Å². The van der Waals surface area contributed by atoms with Gasteiger partial charge in [0.25, 0.3) is 0 Å². The second kappa shape index (κ2) is 11.9. The molecule has 4 bridgehead atoms. The van der Waals surface area contributed by atoms with Gasteiger partial charge < -0.3 is 4.90 Å². The summed E-state index contributed by atoms with van der Waals surface area (Å²) in [4.78, 5) is 2.62. The first kappa shape index (κ1) is 35.1. The third-order valence-electron chi connectivity index (χ3n) is 16.9. The van der Waals surface area contributed by atoms with Crippen LogP contribution in [-0.4, -0.2) is 0 Å². The molecular formula is C57H57N. The molecule has 6 aromatic carbocycles. The smallest absolute Gasteiger partial charge is 0.0543 e. The first-order chi connectivity index (χ1) is 27.9. The van der Waals surface area contributed by atoms with Crippen LogP contribution in [0.3, 0.4) is 0 Å². The van der Waals surface area contributed by atoms with Gasteiger partial charge in [0, 0.05) is 27.8 Å². The number of rotatable bonds is 4. The molecule has 0 unspecified atom stereocenters. The molecule has 0 saturated heterocycles. The standard InChI is InChI=1S/C57H57N/c1-54(2)26-27-55(3,4)51-33-38(20-25-48(51)54)37-18-21-41(22-19-37)58(52-17-11-16-49-53(52)45-13-8-9-14-46(45)56(49,5)6)42-23-24-44-43-12-7-10-15-47(43)57(50(44)34-42)39-29-35-28-36(31-39)32-40(57)30-35/h7-25,33-36,39-40H,26-32H2,1-6H3. The predicted molar refractivity (Wildman–Crippen MR) is 243 cm³/mol. The molecule has 4 fully saturated rings. The molecule has 1 nitrogen and oxygen atoms in total. The van der Waals surface area contributed by atoms with E-state index in [1.807, 2.05) is 0 Å². The summed E-state index contributed by atoms with van der Waals surface area (Å²) in [6, 6.07) is 50.3. The molecule has 0 aliphatic heterocycles. The molecule has 0 radical (unpaired) electrons. The highest BCUT2D eigenvalue weighted by Gasteiger charge is 2.61. The van der Waals surface area contributed by atoms with Crippen LogP contribution in [0.15, 0.2) is 127 Å². The molecule has 0 aromatic heterocycles. The van der Waals surface area contributed by atoms with Crippen molar-refractivity contribution in [3.8, 4) is 33.4 Å². The van der Waals surface area contributed by atoms with Gasteiger partial charge >= 0.3 is 0 Å². The molecule has 290 valence electrons. The average Bonchev–Trinajstić information content (AvgIpc) is 3.64. The van der Waals surface area contributed by atoms with Crippen molar-refractivity contribution < 1.29 is 0 Å². The van der Waals surface area contributed by atoms with Crippen molar-refractivity contribution in [2.24, 2.45) is 23.7 Å². The van der Waals surface area contributed by atoms with E-state index in [0.717, 1.165) is 23.7 Å². The number of hydrogen-bond donors (Lipinski definition) is 0. The Bertz CT molecular complexity index is 2640. The van der Waals surface area contributed by atoms with Crippen molar-refractivity contribution in [3.05, 3.63) is 161 Å². The van der Waals surface area contributed by atoms with E-state index in [1.54, 1.807) is 11.1 Å². The van der Waals surface area contributed by atoms with E-state index in [0.29, 0.717) is 0 Å². The van der Waals surface area contributed by atoms with Gasteiger partial charge in [0.2, 0.25) is 0 Å². The Morgan fingerprint density at radius 3 is 1.74 bits per heavy atom. The SMILES string of the molecule is CC1(C)CCC(C)(C)c2cc(-c3ccc(N(c4ccc5c(c4)C4(c6ccccc6-5)C5CC6CC(C5)CC4C6)c4cccc5c4-c4ccccc4C5(C)C)cc3)ccc21. The van der Waals surface area contributed by atoms with Crippen LogP contribution in [0.4, 0.5) is 17.1 Å². The molecular weight excluding hydrogens is 699 g/mol. The monoisotopic (exact) mass is 755 g/mol. The van der Waals surface area contributed by atoms with Gasteiger partial charge in [0.05, 0.1) is 5.69 Å². The lowest BCUT2D eigenvalue weighted by molar-refractivity contribution is -0.0399. The van der Waals surface area contributed by atoms with Crippen LogP contribution >= 0.6 is 0 Å². The number of hydrogen-bond acceptors (Lipinski definition) is 1. The van der Waals surface area contributed by atoms with E-state index >= 15 is 0 Å². The van der Waals surface area contributed by atoms with Crippen molar-refractivity contribution in [1.29, 1.82) is 0 Å². The third-order valence-corrected chi connectivity index (χ3v) is 16.9. The Kier molecular flexibility index (Phi) is 7.18. The fourth-order valence-electron chi connectivity index (χ4n) is 14.2. The van der Waals surface area contributed by atoms with E-state index < -0.39 is 0 Å². The van der Waals surface area contributed by atoms with Crippen LogP contribution < -0.4 is 4.90 Å². The summed E-state index contributed by atoms with van der Waals surface area (Å²) in [7, 11) is 0. The van der Waals surface area contributed by atoms with Crippen molar-refractivity contribution in [2.75, 3.05) is 4.90 Å². The Labute approximate surface area is 346 Å². The summed E-state index contributed by atoms with van der Waals surface area (Å²) in [5, 5.41) is 0. The van der Waals surface area contributed by atoms with Gasteiger partial charge in [-0.15, -0.1) is 0 Å². The van der Waals surface area contributed by atoms with Crippen LogP contribution in [-0.2, 0) is 21.7 Å². The lowest BCUT2D eigenvalue weighted by Gasteiger charge is -2.61. The van der Waals surface area contributed by atoms with Crippen LogP contribution in [0.5, 0.6) is 0 Å². The normalized spacial score (nSPS) is 26.8.